The van der Waals surface area contributed by atoms with Crippen LogP contribution in [0.4, 0.5) is 0 Å². The van der Waals surface area contributed by atoms with Crippen molar-refractivity contribution in [3.63, 3.8) is 0 Å². The topological polar surface area (TPSA) is 52.9 Å². The van der Waals surface area contributed by atoms with Crippen LogP contribution >= 0.6 is 0 Å². The number of benzene rings is 2. The summed E-state index contributed by atoms with van der Waals surface area (Å²) in [5, 5.41) is 13.0. The van der Waals surface area contributed by atoms with Gasteiger partial charge in [0.15, 0.2) is 0 Å². The Balaban J connectivity index is 1.91. The third kappa shape index (κ3) is 3.12. The maximum absolute atomic E-state index is 12.6. The van der Waals surface area contributed by atoms with E-state index in [4.69, 9.17) is 0 Å². The Bertz CT molecular complexity index is 705. The number of nitriles is 1. The summed E-state index contributed by atoms with van der Waals surface area (Å²) < 4.78 is 0. The maximum atomic E-state index is 12.6. The molecule has 0 heterocycles. The van der Waals surface area contributed by atoms with Gasteiger partial charge < -0.3 is 5.32 Å². The highest BCUT2D eigenvalue weighted by atomic mass is 16.1. The Hall–Kier alpha value is -2.60. The van der Waals surface area contributed by atoms with Gasteiger partial charge in [-0.1, -0.05) is 55.0 Å². The molecule has 2 aromatic rings. The molecule has 0 saturated heterocycles. The van der Waals surface area contributed by atoms with Gasteiger partial charge in [0.25, 0.3) is 5.91 Å². The SMILES string of the molecule is N#C[C@]1(NC(=O)c2ccccc2)CCCC[C@H]1c1ccccc1. The lowest BCUT2D eigenvalue weighted by Crippen LogP contribution is -2.53. The zero-order chi connectivity index (χ0) is 16.1. The highest BCUT2D eigenvalue weighted by Gasteiger charge is 2.43. The van der Waals surface area contributed by atoms with Crippen LogP contribution in [0.2, 0.25) is 0 Å². The van der Waals surface area contributed by atoms with Crippen LogP contribution in [0.1, 0.15) is 47.5 Å². The third-order valence-corrected chi connectivity index (χ3v) is 4.68. The summed E-state index contributed by atoms with van der Waals surface area (Å²) >= 11 is 0. The van der Waals surface area contributed by atoms with Crippen LogP contribution in [0.25, 0.3) is 0 Å². The molecule has 0 aromatic heterocycles. The van der Waals surface area contributed by atoms with E-state index in [1.807, 2.05) is 36.4 Å². The molecule has 23 heavy (non-hydrogen) atoms. The number of nitrogens with zero attached hydrogens (tertiary/aromatic N) is 1. The van der Waals surface area contributed by atoms with E-state index < -0.39 is 5.54 Å². The van der Waals surface area contributed by atoms with Crippen molar-refractivity contribution in [2.24, 2.45) is 0 Å². The Labute approximate surface area is 137 Å². The second kappa shape index (κ2) is 6.66. The maximum Gasteiger partial charge on any atom is 0.252 e. The van der Waals surface area contributed by atoms with Gasteiger partial charge in [0.05, 0.1) is 6.07 Å². The predicted octanol–water partition coefficient (Wildman–Crippen LogP) is 4.04. The van der Waals surface area contributed by atoms with E-state index in [1.54, 1.807) is 12.1 Å². The Morgan fingerprint density at radius 2 is 1.70 bits per heavy atom. The number of hydrogen-bond donors (Lipinski definition) is 1. The summed E-state index contributed by atoms with van der Waals surface area (Å²) in [5.41, 5.74) is 0.897. The van der Waals surface area contributed by atoms with Gasteiger partial charge in [-0.25, -0.2) is 0 Å². The molecule has 1 saturated carbocycles. The number of hydrogen-bond acceptors (Lipinski definition) is 2. The average molecular weight is 304 g/mol. The molecule has 2 atom stereocenters. The van der Waals surface area contributed by atoms with Crippen molar-refractivity contribution >= 4 is 5.91 Å². The van der Waals surface area contributed by atoms with Crippen LogP contribution in [0, 0.1) is 11.3 Å². The zero-order valence-corrected chi connectivity index (χ0v) is 13.0. The summed E-state index contributed by atoms with van der Waals surface area (Å²) in [4.78, 5) is 12.6. The van der Waals surface area contributed by atoms with Crippen LogP contribution in [0.3, 0.4) is 0 Å². The predicted molar refractivity (Wildman–Crippen MR) is 89.9 cm³/mol. The molecular weight excluding hydrogens is 284 g/mol. The van der Waals surface area contributed by atoms with Crippen LogP contribution < -0.4 is 5.32 Å². The van der Waals surface area contributed by atoms with Crippen LogP contribution in [0.5, 0.6) is 0 Å². The van der Waals surface area contributed by atoms with Crippen molar-refractivity contribution in [1.82, 2.24) is 5.32 Å². The largest absolute Gasteiger partial charge is 0.333 e. The fourth-order valence-corrected chi connectivity index (χ4v) is 3.49. The third-order valence-electron chi connectivity index (χ3n) is 4.68. The summed E-state index contributed by atoms with van der Waals surface area (Å²) in [6, 6.07) is 21.6. The first-order valence-corrected chi connectivity index (χ1v) is 8.09. The van der Waals surface area contributed by atoms with E-state index in [0.717, 1.165) is 24.8 Å². The smallest absolute Gasteiger partial charge is 0.252 e. The summed E-state index contributed by atoms with van der Waals surface area (Å²) in [6.45, 7) is 0. The van der Waals surface area contributed by atoms with Gasteiger partial charge in [-0.2, -0.15) is 5.26 Å². The minimum absolute atomic E-state index is 0.0371. The Morgan fingerprint density at radius 3 is 2.35 bits per heavy atom. The lowest BCUT2D eigenvalue weighted by molar-refractivity contribution is 0.0889. The second-order valence-electron chi connectivity index (χ2n) is 6.11. The zero-order valence-electron chi connectivity index (χ0n) is 13.0. The van der Waals surface area contributed by atoms with Crippen molar-refractivity contribution in [2.45, 2.75) is 37.1 Å². The molecule has 0 unspecified atom stereocenters. The van der Waals surface area contributed by atoms with Crippen LogP contribution in [0.15, 0.2) is 60.7 Å². The van der Waals surface area contributed by atoms with Gasteiger partial charge >= 0.3 is 0 Å². The van der Waals surface area contributed by atoms with Gasteiger partial charge in [0, 0.05) is 11.5 Å². The molecule has 1 aliphatic rings. The van der Waals surface area contributed by atoms with Crippen molar-refractivity contribution in [3.05, 3.63) is 71.8 Å². The molecule has 0 radical (unpaired) electrons. The summed E-state index contributed by atoms with van der Waals surface area (Å²) in [6.07, 6.45) is 3.67. The molecule has 1 N–H and O–H groups in total. The van der Waals surface area contributed by atoms with E-state index >= 15 is 0 Å². The normalized spacial score (nSPS) is 23.7. The number of rotatable bonds is 3. The molecule has 3 heteroatoms. The Kier molecular flexibility index (Phi) is 4.43. The lowest BCUT2D eigenvalue weighted by Gasteiger charge is -2.39. The molecule has 3 nitrogen and oxygen atoms in total. The average Bonchev–Trinajstić information content (AvgIpc) is 2.63. The minimum atomic E-state index is -0.827. The van der Waals surface area contributed by atoms with Crippen molar-refractivity contribution in [1.29, 1.82) is 5.26 Å². The number of carbonyl (C=O) groups excluding carboxylic acids is 1. The van der Waals surface area contributed by atoms with Gasteiger partial charge in [-0.3, -0.25) is 4.79 Å². The monoisotopic (exact) mass is 304 g/mol. The molecule has 0 bridgehead atoms. The summed E-state index contributed by atoms with van der Waals surface area (Å²) in [5.74, 6) is -0.134. The van der Waals surface area contributed by atoms with Gasteiger partial charge in [0.1, 0.15) is 5.54 Å². The van der Waals surface area contributed by atoms with E-state index in [9.17, 15) is 10.1 Å². The standard InChI is InChI=1S/C20H20N2O/c21-15-20(22-19(23)17-11-5-2-6-12-17)14-8-7-13-18(20)16-9-3-1-4-10-16/h1-6,9-12,18H,7-8,13-14H2,(H,22,23)/t18-,20+/m0/s1. The molecular formula is C20H20N2O. The van der Waals surface area contributed by atoms with Crippen LogP contribution in [-0.2, 0) is 0 Å². The molecule has 3 rings (SSSR count). The van der Waals surface area contributed by atoms with E-state index in [2.05, 4.69) is 23.5 Å². The molecule has 2 aromatic carbocycles. The lowest BCUT2D eigenvalue weighted by atomic mass is 9.70. The van der Waals surface area contributed by atoms with Gasteiger partial charge in [0.2, 0.25) is 0 Å². The number of nitrogens with one attached hydrogen (secondary N) is 1. The van der Waals surface area contributed by atoms with Crippen molar-refractivity contribution in [2.75, 3.05) is 0 Å². The molecule has 116 valence electrons. The van der Waals surface area contributed by atoms with E-state index in [0.29, 0.717) is 12.0 Å². The molecule has 1 aliphatic carbocycles. The van der Waals surface area contributed by atoms with Crippen molar-refractivity contribution < 1.29 is 4.79 Å². The fraction of sp³-hybridized carbons (Fsp3) is 0.300. The number of amides is 1. The number of carbonyl (C=O) groups is 1. The molecule has 0 spiro atoms. The summed E-state index contributed by atoms with van der Waals surface area (Å²) in [7, 11) is 0. The first-order valence-electron chi connectivity index (χ1n) is 8.09. The fourth-order valence-electron chi connectivity index (χ4n) is 3.49. The molecule has 1 fully saturated rings. The van der Waals surface area contributed by atoms with E-state index in [-0.39, 0.29) is 11.8 Å². The molecule has 0 aliphatic heterocycles. The van der Waals surface area contributed by atoms with E-state index in [1.165, 1.54) is 0 Å². The van der Waals surface area contributed by atoms with Crippen LogP contribution in [-0.4, -0.2) is 11.4 Å². The highest BCUT2D eigenvalue weighted by Crippen LogP contribution is 2.40. The van der Waals surface area contributed by atoms with Gasteiger partial charge in [-0.05, 0) is 37.0 Å². The molecule has 1 amide bonds. The minimum Gasteiger partial charge on any atom is -0.333 e. The highest BCUT2D eigenvalue weighted by molar-refractivity contribution is 5.95. The Morgan fingerprint density at radius 1 is 1.04 bits per heavy atom. The van der Waals surface area contributed by atoms with Gasteiger partial charge in [-0.15, -0.1) is 0 Å². The first kappa shape index (κ1) is 15.3. The van der Waals surface area contributed by atoms with Crippen molar-refractivity contribution in [3.8, 4) is 6.07 Å². The quantitative estimate of drug-likeness (QED) is 0.930. The first-order chi connectivity index (χ1) is 11.2. The second-order valence-corrected chi connectivity index (χ2v) is 6.11.